The molecule has 0 aromatic heterocycles. The van der Waals surface area contributed by atoms with E-state index in [2.05, 4.69) is 10.6 Å². The van der Waals surface area contributed by atoms with Gasteiger partial charge in [0.05, 0.1) is 17.2 Å². The first-order valence-corrected chi connectivity index (χ1v) is 12.3. The minimum atomic E-state index is -5.39. The predicted molar refractivity (Wildman–Crippen MR) is 137 cm³/mol. The maximum Gasteiger partial charge on any atom is 0.420 e. The summed E-state index contributed by atoms with van der Waals surface area (Å²) in [6, 6.07) is 4.42. The number of β-amino-alcohol motifs (C(OH)–C–C–N with tert-alkyl or cyclic N) is 1. The van der Waals surface area contributed by atoms with Gasteiger partial charge in [0.2, 0.25) is 0 Å². The van der Waals surface area contributed by atoms with Gasteiger partial charge in [0.1, 0.15) is 5.82 Å². The number of hydrogen-bond acceptors (Lipinski definition) is 7. The maximum absolute atomic E-state index is 14.0. The lowest BCUT2D eigenvalue weighted by Crippen LogP contribution is -2.47. The summed E-state index contributed by atoms with van der Waals surface area (Å²) in [7, 11) is 1.11. The second kappa shape index (κ2) is 13.3. The number of benzene rings is 2. The van der Waals surface area contributed by atoms with Crippen molar-refractivity contribution < 1.29 is 45.4 Å². The highest BCUT2D eigenvalue weighted by atomic mass is 19.4. The van der Waals surface area contributed by atoms with Gasteiger partial charge in [0, 0.05) is 75.6 Å². The van der Waals surface area contributed by atoms with Crippen molar-refractivity contribution >= 4 is 23.6 Å². The van der Waals surface area contributed by atoms with E-state index >= 15 is 0 Å². The van der Waals surface area contributed by atoms with E-state index in [1.54, 1.807) is 0 Å². The molecule has 1 heterocycles. The number of aliphatic hydroxyl groups is 1. The smallest absolute Gasteiger partial charge is 0.409 e. The van der Waals surface area contributed by atoms with E-state index in [1.807, 2.05) is 4.90 Å². The van der Waals surface area contributed by atoms with Crippen molar-refractivity contribution in [1.82, 2.24) is 15.5 Å². The van der Waals surface area contributed by atoms with Crippen LogP contribution in [-0.4, -0.2) is 74.7 Å². The molecule has 1 saturated heterocycles. The van der Waals surface area contributed by atoms with Gasteiger partial charge < -0.3 is 25.9 Å². The van der Waals surface area contributed by atoms with E-state index < -0.39 is 58.4 Å². The van der Waals surface area contributed by atoms with Gasteiger partial charge in [-0.1, -0.05) is 0 Å². The summed E-state index contributed by atoms with van der Waals surface area (Å²) in [5, 5.41) is 23.8. The zero-order valence-corrected chi connectivity index (χ0v) is 21.7. The Balaban J connectivity index is 1.98. The van der Waals surface area contributed by atoms with Crippen molar-refractivity contribution in [2.45, 2.75) is 18.5 Å². The van der Waals surface area contributed by atoms with Crippen molar-refractivity contribution in [3.8, 4) is 5.75 Å². The Morgan fingerprint density at radius 3 is 2.34 bits per heavy atom. The van der Waals surface area contributed by atoms with Gasteiger partial charge in [0.15, 0.2) is 5.75 Å². The maximum atomic E-state index is 14.0. The predicted octanol–water partition coefficient (Wildman–Crippen LogP) is 4.34. The van der Waals surface area contributed by atoms with Gasteiger partial charge in [-0.25, -0.2) is 9.18 Å². The number of halogens is 7. The molecule has 15 heteroatoms. The van der Waals surface area contributed by atoms with Crippen molar-refractivity contribution in [2.75, 3.05) is 51.2 Å². The third kappa shape index (κ3) is 8.65. The molecule has 1 unspecified atom stereocenters. The lowest BCUT2D eigenvalue weighted by molar-refractivity contribution is -0.143. The van der Waals surface area contributed by atoms with Crippen molar-refractivity contribution in [3.63, 3.8) is 0 Å². The number of carbonyl (C=O) groups excluding carboxylic acids is 1. The molecule has 0 radical (unpaired) electrons. The number of alkyl halides is 6. The molecule has 0 aliphatic carbocycles. The van der Waals surface area contributed by atoms with Crippen LogP contribution in [-0.2, 0) is 12.4 Å². The molecular weight excluding hydrogens is 563 g/mol. The summed E-state index contributed by atoms with van der Waals surface area (Å²) >= 11 is 0. The normalized spacial score (nSPS) is 15.8. The molecule has 2 aromatic carbocycles. The lowest BCUT2D eigenvalue weighted by atomic mass is 9.98. The van der Waals surface area contributed by atoms with Crippen LogP contribution in [0.2, 0.25) is 0 Å². The molecule has 1 amide bonds. The number of aliphatic hydroxyl groups excluding tert-OH is 1. The number of anilines is 1. The fourth-order valence-electron chi connectivity index (χ4n) is 4.01. The zero-order chi connectivity index (χ0) is 30.4. The number of ether oxygens (including phenoxy) is 1. The van der Waals surface area contributed by atoms with Gasteiger partial charge in [-0.05, 0) is 36.4 Å². The Labute approximate surface area is 230 Å². The highest BCUT2D eigenvalue weighted by Crippen LogP contribution is 2.44. The Morgan fingerprint density at radius 2 is 1.78 bits per heavy atom. The summed E-state index contributed by atoms with van der Waals surface area (Å²) in [5.41, 5.74) is -4.87. The molecule has 1 atom stereocenters. The van der Waals surface area contributed by atoms with Crippen LogP contribution in [0.4, 0.5) is 41.2 Å². The fraction of sp³-hybridized carbons (Fsp3) is 0.385. The summed E-state index contributed by atoms with van der Waals surface area (Å²) in [4.78, 5) is 15.5. The van der Waals surface area contributed by atoms with Crippen LogP contribution in [0, 0.1) is 11.2 Å². The Hall–Kier alpha value is -3.69. The molecule has 8 nitrogen and oxygen atoms in total. The zero-order valence-electron chi connectivity index (χ0n) is 21.7. The fourth-order valence-corrected chi connectivity index (χ4v) is 4.01. The SMILES string of the molecule is CN(C(=O)Oc1c(/C(C=N)=C/NCC(O)CN2CCNCC2)cc(C(F)(F)F)cc1C(F)(F)F)c1ccc(F)cc1. The lowest BCUT2D eigenvalue weighted by Gasteiger charge is -2.29. The number of nitrogens with zero attached hydrogens (tertiary/aromatic N) is 2. The second-order valence-corrected chi connectivity index (χ2v) is 9.16. The number of amides is 1. The average Bonchev–Trinajstić information content (AvgIpc) is 2.90. The summed E-state index contributed by atoms with van der Waals surface area (Å²) in [6.07, 6.45) is -11.5. The molecule has 0 spiro atoms. The topological polar surface area (TPSA) is 101 Å². The summed E-state index contributed by atoms with van der Waals surface area (Å²) in [6.45, 7) is 2.96. The molecule has 3 rings (SSSR count). The number of hydrogen-bond donors (Lipinski definition) is 4. The highest BCUT2D eigenvalue weighted by Gasteiger charge is 2.41. The van der Waals surface area contributed by atoms with Gasteiger partial charge in [-0.15, -0.1) is 0 Å². The number of piperazine rings is 1. The minimum Gasteiger partial charge on any atom is -0.409 e. The van der Waals surface area contributed by atoms with E-state index in [0.29, 0.717) is 25.4 Å². The molecule has 4 N–H and O–H groups in total. The molecule has 0 saturated carbocycles. The summed E-state index contributed by atoms with van der Waals surface area (Å²) < 4.78 is 101. The number of rotatable bonds is 9. The van der Waals surface area contributed by atoms with E-state index in [4.69, 9.17) is 10.1 Å². The van der Waals surface area contributed by atoms with E-state index in [9.17, 15) is 40.6 Å². The van der Waals surface area contributed by atoms with Crippen LogP contribution in [0.15, 0.2) is 42.6 Å². The van der Waals surface area contributed by atoms with E-state index in [1.165, 1.54) is 0 Å². The molecule has 224 valence electrons. The van der Waals surface area contributed by atoms with Crippen molar-refractivity contribution in [2.24, 2.45) is 0 Å². The Morgan fingerprint density at radius 1 is 1.15 bits per heavy atom. The van der Waals surface area contributed by atoms with Crippen LogP contribution in [0.3, 0.4) is 0 Å². The first-order chi connectivity index (χ1) is 19.2. The van der Waals surface area contributed by atoms with Gasteiger partial charge >= 0.3 is 18.4 Å². The monoisotopic (exact) mass is 591 g/mol. The van der Waals surface area contributed by atoms with Gasteiger partial charge in [0.25, 0.3) is 0 Å². The minimum absolute atomic E-state index is 0.0291. The quantitative estimate of drug-likeness (QED) is 0.256. The highest BCUT2D eigenvalue weighted by molar-refractivity contribution is 6.10. The van der Waals surface area contributed by atoms with Gasteiger partial charge in [-0.3, -0.25) is 9.80 Å². The first kappa shape index (κ1) is 31.8. The number of carbonyl (C=O) groups is 1. The van der Waals surface area contributed by atoms with Crippen LogP contribution in [0.5, 0.6) is 5.75 Å². The van der Waals surface area contributed by atoms with Crippen LogP contribution in [0.1, 0.15) is 16.7 Å². The summed E-state index contributed by atoms with van der Waals surface area (Å²) in [5.74, 6) is -1.91. The van der Waals surface area contributed by atoms with Crippen LogP contribution in [0.25, 0.3) is 5.57 Å². The standard InChI is InChI=1S/C26H28F7N5O3/c1-37(19-4-2-18(27)3-5-19)24(40)41-23-21(10-17(25(28,29)30)11-22(23)26(31,32)33)16(12-34)13-36-14-20(39)15-38-8-6-35-7-9-38/h2-5,10-13,20,34-36,39H,6-9,14-15H2,1H3/b16-13+,34-12?. The van der Waals surface area contributed by atoms with Gasteiger partial charge in [-0.2, -0.15) is 26.3 Å². The van der Waals surface area contributed by atoms with Crippen LogP contribution >= 0.6 is 0 Å². The molecule has 1 aliphatic heterocycles. The van der Waals surface area contributed by atoms with Crippen molar-refractivity contribution in [1.29, 1.82) is 5.41 Å². The van der Waals surface area contributed by atoms with E-state index in [-0.39, 0.29) is 24.8 Å². The molecule has 41 heavy (non-hydrogen) atoms. The molecule has 1 aliphatic rings. The number of allylic oxidation sites excluding steroid dienone is 1. The molecule has 1 fully saturated rings. The molecule has 2 aromatic rings. The number of nitrogens with one attached hydrogen (secondary N) is 3. The third-order valence-electron chi connectivity index (χ3n) is 6.15. The Kier molecular flexibility index (Phi) is 10.3. The third-order valence-corrected chi connectivity index (χ3v) is 6.15. The van der Waals surface area contributed by atoms with Crippen molar-refractivity contribution in [3.05, 3.63) is 65.1 Å². The van der Waals surface area contributed by atoms with E-state index in [0.717, 1.165) is 55.5 Å². The first-order valence-electron chi connectivity index (χ1n) is 12.3. The second-order valence-electron chi connectivity index (χ2n) is 9.16. The molecule has 0 bridgehead atoms. The molecular formula is C26H28F7N5O3. The largest absolute Gasteiger partial charge is 0.420 e. The van der Waals surface area contributed by atoms with Crippen LogP contribution < -0.4 is 20.3 Å². The average molecular weight is 592 g/mol. The Bertz CT molecular complexity index is 1240.